The molecule has 5 nitrogen and oxygen atoms in total. The third kappa shape index (κ3) is 4.98. The number of carbonyl (C=O) groups is 1. The van der Waals surface area contributed by atoms with Crippen LogP contribution in [-0.4, -0.2) is 31.6 Å². The van der Waals surface area contributed by atoms with E-state index in [0.29, 0.717) is 5.01 Å². The Bertz CT molecular complexity index is 755. The normalized spacial score (nSPS) is 22.5. The highest BCUT2D eigenvalue weighted by Gasteiger charge is 2.26. The lowest BCUT2D eigenvalue weighted by Crippen LogP contribution is -2.43. The van der Waals surface area contributed by atoms with E-state index >= 15 is 0 Å². The topological polar surface area (TPSA) is 72.0 Å². The van der Waals surface area contributed by atoms with Crippen LogP contribution < -0.4 is 5.32 Å². The first kappa shape index (κ1) is 19.2. The molecule has 1 aliphatic rings. The van der Waals surface area contributed by atoms with Crippen LogP contribution in [0.2, 0.25) is 0 Å². The first-order valence-electron chi connectivity index (χ1n) is 9.08. The molecule has 1 amide bonds. The van der Waals surface area contributed by atoms with E-state index in [4.69, 9.17) is 0 Å². The first-order valence-corrected chi connectivity index (χ1v) is 11.3. The lowest BCUT2D eigenvalue weighted by atomic mass is 9.87. The van der Waals surface area contributed by atoms with E-state index < -0.39 is 16.0 Å². The molecule has 0 bridgehead atoms. The Morgan fingerprint density at radius 3 is 2.62 bits per heavy atom. The van der Waals surface area contributed by atoms with Gasteiger partial charge >= 0.3 is 0 Å². The number of rotatable bonds is 6. The molecular formula is C19H25N3O2S2. The van der Waals surface area contributed by atoms with Gasteiger partial charge in [-0.15, -0.1) is 10.2 Å². The van der Waals surface area contributed by atoms with Crippen LogP contribution in [0.25, 0.3) is 10.6 Å². The maximum absolute atomic E-state index is 12.6. The van der Waals surface area contributed by atoms with Gasteiger partial charge in [0, 0.05) is 22.4 Å². The van der Waals surface area contributed by atoms with Gasteiger partial charge in [-0.3, -0.25) is 9.00 Å². The molecule has 2 atom stereocenters. The summed E-state index contributed by atoms with van der Waals surface area (Å²) in [4.78, 5) is 12.4. The molecule has 2 aromatic rings. The summed E-state index contributed by atoms with van der Waals surface area (Å²) in [5.74, 6) is 0.891. The van der Waals surface area contributed by atoms with Gasteiger partial charge in [0.05, 0.1) is 5.75 Å². The number of amides is 1. The van der Waals surface area contributed by atoms with Crippen molar-refractivity contribution in [2.24, 2.45) is 5.92 Å². The molecule has 7 heteroatoms. The van der Waals surface area contributed by atoms with Crippen LogP contribution in [0.4, 0.5) is 0 Å². The van der Waals surface area contributed by atoms with Gasteiger partial charge in [-0.05, 0) is 38.5 Å². The summed E-state index contributed by atoms with van der Waals surface area (Å²) in [5, 5.41) is 12.4. The minimum atomic E-state index is -1.30. The number of carbonyl (C=O) groups excluding carboxylic acids is 1. The third-order valence-electron chi connectivity index (χ3n) is 4.88. The van der Waals surface area contributed by atoms with Crippen LogP contribution in [-0.2, 0) is 21.3 Å². The van der Waals surface area contributed by atoms with E-state index in [1.54, 1.807) is 6.92 Å². The summed E-state index contributed by atoms with van der Waals surface area (Å²) in [6.07, 6.45) is 4.33. The molecule has 0 unspecified atom stereocenters. The fourth-order valence-electron chi connectivity index (χ4n) is 3.10. The SMILES string of the molecule is CC1CCC(NC(=O)[C@@H](C)[S@@](=O)Cc2nnc(-c3ccccc3)s2)CC1. The Labute approximate surface area is 161 Å². The number of aromatic nitrogens is 2. The zero-order valence-electron chi connectivity index (χ0n) is 15.2. The van der Waals surface area contributed by atoms with Gasteiger partial charge in [0.2, 0.25) is 5.91 Å². The minimum absolute atomic E-state index is 0.115. The quantitative estimate of drug-likeness (QED) is 0.817. The summed E-state index contributed by atoms with van der Waals surface area (Å²) < 4.78 is 12.6. The molecule has 1 aliphatic carbocycles. The second-order valence-corrected chi connectivity index (χ2v) is 9.82. The van der Waals surface area contributed by atoms with E-state index in [2.05, 4.69) is 22.4 Å². The molecule has 0 saturated heterocycles. The highest BCUT2D eigenvalue weighted by atomic mass is 32.2. The lowest BCUT2D eigenvalue weighted by Gasteiger charge is -2.27. The fourth-order valence-corrected chi connectivity index (χ4v) is 5.18. The Hall–Kier alpha value is -1.60. The smallest absolute Gasteiger partial charge is 0.235 e. The van der Waals surface area contributed by atoms with Crippen LogP contribution in [0.3, 0.4) is 0 Å². The third-order valence-corrected chi connectivity index (χ3v) is 7.59. The first-order chi connectivity index (χ1) is 12.5. The average Bonchev–Trinajstić information content (AvgIpc) is 3.12. The predicted molar refractivity (Wildman–Crippen MR) is 106 cm³/mol. The van der Waals surface area contributed by atoms with Crippen molar-refractivity contribution in [1.82, 2.24) is 15.5 Å². The van der Waals surface area contributed by atoms with E-state index in [1.165, 1.54) is 11.3 Å². The highest BCUT2D eigenvalue weighted by molar-refractivity contribution is 7.85. The van der Waals surface area contributed by atoms with Crippen molar-refractivity contribution in [3.63, 3.8) is 0 Å². The summed E-state index contributed by atoms with van der Waals surface area (Å²) in [5.41, 5.74) is 0.999. The maximum atomic E-state index is 12.6. The van der Waals surface area contributed by atoms with Crippen molar-refractivity contribution >= 4 is 28.0 Å². The molecule has 1 fully saturated rings. The molecule has 0 spiro atoms. The van der Waals surface area contributed by atoms with Crippen molar-refractivity contribution in [2.75, 3.05) is 0 Å². The monoisotopic (exact) mass is 391 g/mol. The average molecular weight is 392 g/mol. The van der Waals surface area contributed by atoms with Gasteiger partial charge in [-0.2, -0.15) is 0 Å². The van der Waals surface area contributed by atoms with Crippen LogP contribution in [0.5, 0.6) is 0 Å². The second kappa shape index (κ2) is 8.86. The van der Waals surface area contributed by atoms with E-state index in [0.717, 1.165) is 42.2 Å². The van der Waals surface area contributed by atoms with Crippen molar-refractivity contribution in [2.45, 2.75) is 56.6 Å². The van der Waals surface area contributed by atoms with Gasteiger partial charge < -0.3 is 5.32 Å². The fraction of sp³-hybridized carbons (Fsp3) is 0.526. The zero-order chi connectivity index (χ0) is 18.5. The second-order valence-electron chi connectivity index (χ2n) is 7.00. The molecule has 1 aromatic heterocycles. The summed E-state index contributed by atoms with van der Waals surface area (Å²) in [6.45, 7) is 3.98. The van der Waals surface area contributed by atoms with Gasteiger partial charge in [0.15, 0.2) is 0 Å². The summed E-state index contributed by atoms with van der Waals surface area (Å²) in [6, 6.07) is 10.0. The van der Waals surface area contributed by atoms with Crippen LogP contribution in [0.15, 0.2) is 30.3 Å². The molecule has 3 rings (SSSR count). The van der Waals surface area contributed by atoms with Crippen LogP contribution in [0, 0.1) is 5.92 Å². The number of hydrogen-bond donors (Lipinski definition) is 1. The Kier molecular flexibility index (Phi) is 6.53. The van der Waals surface area contributed by atoms with E-state index in [9.17, 15) is 9.00 Å². The Morgan fingerprint density at radius 2 is 1.92 bits per heavy atom. The predicted octanol–water partition coefficient (Wildman–Crippen LogP) is 3.54. The number of benzene rings is 1. The zero-order valence-corrected chi connectivity index (χ0v) is 16.8. The van der Waals surface area contributed by atoms with Gasteiger partial charge in [-0.1, -0.05) is 48.6 Å². The number of hydrogen-bond acceptors (Lipinski definition) is 5. The molecular weight excluding hydrogens is 366 g/mol. The van der Waals surface area contributed by atoms with Crippen molar-refractivity contribution in [3.8, 4) is 10.6 Å². The molecule has 1 heterocycles. The molecule has 140 valence electrons. The standard InChI is InChI=1S/C19H25N3O2S2/c1-13-8-10-16(11-9-13)20-18(23)14(2)26(24)12-17-21-22-19(25-17)15-6-4-3-5-7-15/h3-7,13-14,16H,8-12H2,1-2H3,(H,20,23)/t13?,14-,16?,26+/m1/s1. The Morgan fingerprint density at radius 1 is 1.23 bits per heavy atom. The maximum Gasteiger partial charge on any atom is 0.235 e. The van der Waals surface area contributed by atoms with Gasteiger partial charge in [0.1, 0.15) is 15.3 Å². The largest absolute Gasteiger partial charge is 0.352 e. The van der Waals surface area contributed by atoms with Gasteiger partial charge in [0.25, 0.3) is 0 Å². The highest BCUT2D eigenvalue weighted by Crippen LogP contribution is 2.25. The molecule has 1 N–H and O–H groups in total. The molecule has 1 saturated carbocycles. The molecule has 1 aromatic carbocycles. The van der Waals surface area contributed by atoms with Crippen molar-refractivity contribution < 1.29 is 9.00 Å². The Balaban J connectivity index is 1.54. The van der Waals surface area contributed by atoms with Gasteiger partial charge in [-0.25, -0.2) is 0 Å². The van der Waals surface area contributed by atoms with Crippen LogP contribution >= 0.6 is 11.3 Å². The van der Waals surface area contributed by atoms with Crippen molar-refractivity contribution in [1.29, 1.82) is 0 Å². The summed E-state index contributed by atoms with van der Waals surface area (Å²) >= 11 is 1.43. The van der Waals surface area contributed by atoms with E-state index in [1.807, 2.05) is 30.3 Å². The minimum Gasteiger partial charge on any atom is -0.352 e. The van der Waals surface area contributed by atoms with Crippen molar-refractivity contribution in [3.05, 3.63) is 35.3 Å². The van der Waals surface area contributed by atoms with E-state index in [-0.39, 0.29) is 17.7 Å². The molecule has 0 radical (unpaired) electrons. The lowest BCUT2D eigenvalue weighted by molar-refractivity contribution is -0.121. The summed E-state index contributed by atoms with van der Waals surface area (Å²) in [7, 11) is -1.30. The number of nitrogens with one attached hydrogen (secondary N) is 1. The van der Waals surface area contributed by atoms with Crippen LogP contribution in [0.1, 0.15) is 44.5 Å². The molecule has 26 heavy (non-hydrogen) atoms. The number of nitrogens with zero attached hydrogens (tertiary/aromatic N) is 2. The molecule has 0 aliphatic heterocycles.